The van der Waals surface area contributed by atoms with E-state index in [9.17, 15) is 14.4 Å². The molecule has 0 bridgehead atoms. The lowest BCUT2D eigenvalue weighted by Gasteiger charge is -2.31. The summed E-state index contributed by atoms with van der Waals surface area (Å²) in [6.45, 7) is 0.399. The van der Waals surface area contributed by atoms with Crippen molar-refractivity contribution in [3.8, 4) is 0 Å². The molecule has 2 fully saturated rings. The first-order valence-corrected chi connectivity index (χ1v) is 11.4. The van der Waals surface area contributed by atoms with Crippen molar-refractivity contribution in [1.82, 2.24) is 26.1 Å². The number of carbonyl (C=O) groups excluding carboxylic acids is 2. The van der Waals surface area contributed by atoms with E-state index in [4.69, 9.17) is 16.2 Å². The van der Waals surface area contributed by atoms with E-state index >= 15 is 0 Å². The van der Waals surface area contributed by atoms with Crippen LogP contribution in [0.1, 0.15) is 56.2 Å². The Morgan fingerprint density at radius 2 is 2.00 bits per heavy atom. The zero-order valence-electron chi connectivity index (χ0n) is 18.7. The Morgan fingerprint density at radius 1 is 1.24 bits per heavy atom. The average Bonchev–Trinajstić information content (AvgIpc) is 3.30. The van der Waals surface area contributed by atoms with Gasteiger partial charge in [-0.25, -0.2) is 5.43 Å². The van der Waals surface area contributed by atoms with E-state index in [1.165, 1.54) is 11.4 Å². The molecular weight excluding hydrogens is 426 g/mol. The summed E-state index contributed by atoms with van der Waals surface area (Å²) >= 11 is 0. The maximum atomic E-state index is 13.3. The SMILES string of the molecule is N=C(N)c1ccc(CNC(=O)[C@@H]2CCNN2C(=O)[C@@H](CC2CCCCC2)NCC(=O)O)cn1. The fourth-order valence-electron chi connectivity index (χ4n) is 4.44. The van der Waals surface area contributed by atoms with Gasteiger partial charge >= 0.3 is 5.97 Å². The zero-order chi connectivity index (χ0) is 23.8. The first-order chi connectivity index (χ1) is 15.8. The van der Waals surface area contributed by atoms with E-state index in [2.05, 4.69) is 21.0 Å². The van der Waals surface area contributed by atoms with Crippen molar-refractivity contribution < 1.29 is 19.5 Å². The van der Waals surface area contributed by atoms with Gasteiger partial charge in [-0.2, -0.15) is 0 Å². The second kappa shape index (κ2) is 11.7. The number of aromatic nitrogens is 1. The molecule has 11 heteroatoms. The highest BCUT2D eigenvalue weighted by atomic mass is 16.4. The molecule has 0 unspecified atom stereocenters. The number of nitrogens with one attached hydrogen (secondary N) is 4. The Kier molecular flexibility index (Phi) is 8.72. The minimum absolute atomic E-state index is 0.129. The maximum absolute atomic E-state index is 13.3. The van der Waals surface area contributed by atoms with Crippen LogP contribution in [-0.4, -0.2) is 63.9 Å². The van der Waals surface area contributed by atoms with Gasteiger partial charge in [-0.3, -0.25) is 35.1 Å². The number of carbonyl (C=O) groups is 3. The summed E-state index contributed by atoms with van der Waals surface area (Å²) in [5, 5.41) is 23.5. The first kappa shape index (κ1) is 24.6. The minimum Gasteiger partial charge on any atom is -0.480 e. The van der Waals surface area contributed by atoms with Crippen molar-refractivity contribution in [3.05, 3.63) is 29.6 Å². The summed E-state index contributed by atoms with van der Waals surface area (Å²) in [6.07, 6.45) is 8.09. The van der Waals surface area contributed by atoms with Crippen LogP contribution >= 0.6 is 0 Å². The third kappa shape index (κ3) is 6.96. The standard InChI is InChI=1S/C22H33N7O4/c23-20(24)16-7-6-15(11-25-16)12-27-21(32)18-8-9-28-29(18)22(33)17(26-13-19(30)31)10-14-4-2-1-3-5-14/h6-7,11,14,17-18,26,28H,1-5,8-10,12-13H2,(H3,23,24)(H,27,32)(H,30,31)/t17-,18+/m1/s1. The van der Waals surface area contributed by atoms with Gasteiger partial charge in [-0.15, -0.1) is 0 Å². The summed E-state index contributed by atoms with van der Waals surface area (Å²) in [6, 6.07) is 2.01. The van der Waals surface area contributed by atoms with E-state index in [0.717, 1.165) is 31.2 Å². The maximum Gasteiger partial charge on any atom is 0.317 e. The van der Waals surface area contributed by atoms with Gasteiger partial charge in [-0.05, 0) is 30.4 Å². The minimum atomic E-state index is -1.02. The van der Waals surface area contributed by atoms with Gasteiger partial charge in [0.25, 0.3) is 5.91 Å². The summed E-state index contributed by atoms with van der Waals surface area (Å²) in [4.78, 5) is 41.3. The number of carboxylic acids is 1. The van der Waals surface area contributed by atoms with E-state index in [1.54, 1.807) is 18.3 Å². The number of carboxylic acid groups (broad SMARTS) is 1. The predicted molar refractivity (Wildman–Crippen MR) is 121 cm³/mol. The van der Waals surface area contributed by atoms with Crippen LogP contribution in [0, 0.1) is 11.3 Å². The van der Waals surface area contributed by atoms with Crippen molar-refractivity contribution in [2.24, 2.45) is 11.7 Å². The first-order valence-electron chi connectivity index (χ1n) is 11.4. The van der Waals surface area contributed by atoms with E-state index in [0.29, 0.717) is 31.0 Å². The lowest BCUT2D eigenvalue weighted by atomic mass is 9.84. The Labute approximate surface area is 193 Å². The quantitative estimate of drug-likeness (QED) is 0.211. The highest BCUT2D eigenvalue weighted by Gasteiger charge is 2.38. The Hall–Kier alpha value is -3.05. The zero-order valence-corrected chi connectivity index (χ0v) is 18.7. The second-order valence-electron chi connectivity index (χ2n) is 8.67. The van der Waals surface area contributed by atoms with Crippen LogP contribution in [0.4, 0.5) is 0 Å². The van der Waals surface area contributed by atoms with E-state index < -0.39 is 18.1 Å². The van der Waals surface area contributed by atoms with Gasteiger partial charge in [0.15, 0.2) is 0 Å². The number of hydrazine groups is 1. The van der Waals surface area contributed by atoms with Crippen LogP contribution < -0.4 is 21.8 Å². The number of pyridine rings is 1. The topological polar surface area (TPSA) is 174 Å². The van der Waals surface area contributed by atoms with Gasteiger partial charge in [0.05, 0.1) is 12.6 Å². The Morgan fingerprint density at radius 3 is 2.64 bits per heavy atom. The van der Waals surface area contributed by atoms with Gasteiger partial charge in [0.1, 0.15) is 17.6 Å². The molecule has 1 saturated carbocycles. The normalized spacial score (nSPS) is 19.8. The molecule has 1 aromatic rings. The van der Waals surface area contributed by atoms with Crippen molar-refractivity contribution >= 4 is 23.6 Å². The predicted octanol–water partition coefficient (Wildman–Crippen LogP) is 0.101. The highest BCUT2D eigenvalue weighted by molar-refractivity contribution is 5.93. The number of nitrogens with two attached hydrogens (primary N) is 1. The van der Waals surface area contributed by atoms with Crippen LogP contribution in [0.5, 0.6) is 0 Å². The van der Waals surface area contributed by atoms with Gasteiger partial charge < -0.3 is 16.2 Å². The molecule has 0 spiro atoms. The van der Waals surface area contributed by atoms with Crippen molar-refractivity contribution in [3.63, 3.8) is 0 Å². The molecule has 2 heterocycles. The van der Waals surface area contributed by atoms with Crippen LogP contribution in [0.25, 0.3) is 0 Å². The molecule has 3 rings (SSSR count). The lowest BCUT2D eigenvalue weighted by molar-refractivity contribution is -0.144. The smallest absolute Gasteiger partial charge is 0.317 e. The fourth-order valence-corrected chi connectivity index (χ4v) is 4.44. The number of hydrogen-bond acceptors (Lipinski definition) is 7. The van der Waals surface area contributed by atoms with Crippen LogP contribution in [-0.2, 0) is 20.9 Å². The Balaban J connectivity index is 1.61. The largest absolute Gasteiger partial charge is 0.480 e. The molecule has 2 amide bonds. The number of nitrogens with zero attached hydrogens (tertiary/aromatic N) is 2. The molecule has 33 heavy (non-hydrogen) atoms. The number of aliphatic carboxylic acids is 1. The molecule has 0 radical (unpaired) electrons. The highest BCUT2D eigenvalue weighted by Crippen LogP contribution is 2.28. The molecule has 7 N–H and O–H groups in total. The molecule has 180 valence electrons. The van der Waals surface area contributed by atoms with Crippen molar-refractivity contribution in [2.45, 2.75) is 63.6 Å². The lowest BCUT2D eigenvalue weighted by Crippen LogP contribution is -2.56. The molecule has 1 aliphatic heterocycles. The summed E-state index contributed by atoms with van der Waals surface area (Å²) in [7, 11) is 0. The van der Waals surface area contributed by atoms with E-state index in [1.807, 2.05) is 0 Å². The molecule has 2 aliphatic rings. The number of nitrogen functional groups attached to an aromatic ring is 1. The monoisotopic (exact) mass is 459 g/mol. The van der Waals surface area contributed by atoms with Gasteiger partial charge in [0, 0.05) is 19.3 Å². The number of amidine groups is 1. The number of hydrogen-bond donors (Lipinski definition) is 6. The summed E-state index contributed by atoms with van der Waals surface area (Å²) in [5.41, 5.74) is 9.51. The van der Waals surface area contributed by atoms with Gasteiger partial charge in [-0.1, -0.05) is 38.2 Å². The average molecular weight is 460 g/mol. The number of rotatable bonds is 10. The van der Waals surface area contributed by atoms with Crippen molar-refractivity contribution in [1.29, 1.82) is 5.41 Å². The fraction of sp³-hybridized carbons (Fsp3) is 0.591. The van der Waals surface area contributed by atoms with Crippen molar-refractivity contribution in [2.75, 3.05) is 13.1 Å². The molecular formula is C22H33N7O4. The molecule has 1 aromatic heterocycles. The molecule has 1 aliphatic carbocycles. The second-order valence-corrected chi connectivity index (χ2v) is 8.67. The summed E-state index contributed by atoms with van der Waals surface area (Å²) < 4.78 is 0. The molecule has 1 saturated heterocycles. The summed E-state index contributed by atoms with van der Waals surface area (Å²) in [5.74, 6) is -1.37. The molecule has 11 nitrogen and oxygen atoms in total. The molecule has 2 atom stereocenters. The van der Waals surface area contributed by atoms with Crippen LogP contribution in [0.2, 0.25) is 0 Å². The van der Waals surface area contributed by atoms with Crippen LogP contribution in [0.3, 0.4) is 0 Å². The number of amides is 2. The third-order valence-corrected chi connectivity index (χ3v) is 6.21. The molecule has 0 aromatic carbocycles. The van der Waals surface area contributed by atoms with E-state index in [-0.39, 0.29) is 30.7 Å². The van der Waals surface area contributed by atoms with Crippen LogP contribution in [0.15, 0.2) is 18.3 Å². The van der Waals surface area contributed by atoms with Gasteiger partial charge in [0.2, 0.25) is 5.91 Å². The Bertz CT molecular complexity index is 855. The third-order valence-electron chi connectivity index (χ3n) is 6.21.